The standard InChI is InChI=1S/C19H22N6OS/c1-12-20-11-15(27-12)10-18(26)24-8-6-14(7-9-24)19-22-21-17-5-4-16(13-2-3-13)23-25(17)19/h4-5,11,13-14H,2-3,6-10H2,1H3. The molecule has 0 aromatic carbocycles. The van der Waals surface area contributed by atoms with Crippen LogP contribution in [-0.4, -0.2) is 48.7 Å². The van der Waals surface area contributed by atoms with Gasteiger partial charge >= 0.3 is 0 Å². The summed E-state index contributed by atoms with van der Waals surface area (Å²) in [6, 6.07) is 4.10. The van der Waals surface area contributed by atoms with E-state index in [1.54, 1.807) is 11.3 Å². The van der Waals surface area contributed by atoms with Gasteiger partial charge in [0.05, 0.1) is 17.1 Å². The molecule has 3 aromatic heterocycles. The number of amides is 1. The maximum absolute atomic E-state index is 12.6. The van der Waals surface area contributed by atoms with E-state index in [0.717, 1.165) is 53.0 Å². The number of rotatable bonds is 4. The molecular weight excluding hydrogens is 360 g/mol. The number of thiazole rings is 1. The molecule has 0 radical (unpaired) electrons. The summed E-state index contributed by atoms with van der Waals surface area (Å²) < 4.78 is 1.93. The molecule has 0 unspecified atom stereocenters. The van der Waals surface area contributed by atoms with Crippen LogP contribution < -0.4 is 0 Å². The molecule has 0 atom stereocenters. The summed E-state index contributed by atoms with van der Waals surface area (Å²) in [4.78, 5) is 19.8. The molecular formula is C19H22N6OS. The summed E-state index contributed by atoms with van der Waals surface area (Å²) in [6.45, 7) is 3.49. The predicted octanol–water partition coefficient (Wildman–Crippen LogP) is 2.72. The lowest BCUT2D eigenvalue weighted by Gasteiger charge is -2.31. The van der Waals surface area contributed by atoms with Crippen molar-refractivity contribution in [3.63, 3.8) is 0 Å². The first kappa shape index (κ1) is 16.8. The minimum Gasteiger partial charge on any atom is -0.342 e. The number of piperidine rings is 1. The van der Waals surface area contributed by atoms with Crippen molar-refractivity contribution >= 4 is 22.9 Å². The monoisotopic (exact) mass is 382 g/mol. The molecule has 0 N–H and O–H groups in total. The summed E-state index contributed by atoms with van der Waals surface area (Å²) in [5.74, 6) is 2.05. The molecule has 2 aliphatic rings. The van der Waals surface area contributed by atoms with Crippen molar-refractivity contribution in [1.29, 1.82) is 0 Å². The van der Waals surface area contributed by atoms with Gasteiger partial charge in [0.15, 0.2) is 11.5 Å². The molecule has 2 fully saturated rings. The van der Waals surface area contributed by atoms with Crippen LogP contribution in [0.4, 0.5) is 0 Å². The van der Waals surface area contributed by atoms with E-state index < -0.39 is 0 Å². The van der Waals surface area contributed by atoms with E-state index in [-0.39, 0.29) is 5.91 Å². The number of aromatic nitrogens is 5. The third-order valence-electron chi connectivity index (χ3n) is 5.51. The molecule has 0 bridgehead atoms. The van der Waals surface area contributed by atoms with Crippen LogP contribution in [0.2, 0.25) is 0 Å². The summed E-state index contributed by atoms with van der Waals surface area (Å²) in [5.41, 5.74) is 1.96. The van der Waals surface area contributed by atoms with Gasteiger partial charge in [-0.1, -0.05) is 0 Å². The Kier molecular flexibility index (Phi) is 4.15. The molecule has 1 aliphatic heterocycles. The Morgan fingerprint density at radius 1 is 1.15 bits per heavy atom. The van der Waals surface area contributed by atoms with E-state index in [1.165, 1.54) is 12.8 Å². The highest BCUT2D eigenvalue weighted by molar-refractivity contribution is 7.11. The second-order valence-corrected chi connectivity index (χ2v) is 8.86. The van der Waals surface area contributed by atoms with Gasteiger partial charge in [-0.3, -0.25) is 4.79 Å². The van der Waals surface area contributed by atoms with E-state index in [4.69, 9.17) is 5.10 Å². The van der Waals surface area contributed by atoms with Crippen molar-refractivity contribution in [3.05, 3.63) is 39.7 Å². The van der Waals surface area contributed by atoms with Crippen LogP contribution in [0.3, 0.4) is 0 Å². The van der Waals surface area contributed by atoms with Crippen molar-refractivity contribution in [1.82, 2.24) is 29.7 Å². The highest BCUT2D eigenvalue weighted by atomic mass is 32.1. The summed E-state index contributed by atoms with van der Waals surface area (Å²) >= 11 is 1.60. The van der Waals surface area contributed by atoms with Crippen LogP contribution in [0.25, 0.3) is 5.65 Å². The van der Waals surface area contributed by atoms with Crippen LogP contribution in [0.15, 0.2) is 18.3 Å². The van der Waals surface area contributed by atoms with E-state index in [9.17, 15) is 4.79 Å². The van der Waals surface area contributed by atoms with Crippen LogP contribution in [-0.2, 0) is 11.2 Å². The summed E-state index contributed by atoms with van der Waals surface area (Å²) in [7, 11) is 0. The number of likely N-dealkylation sites (tertiary alicyclic amines) is 1. The topological polar surface area (TPSA) is 76.3 Å². The van der Waals surface area contributed by atoms with Crippen LogP contribution in [0.5, 0.6) is 0 Å². The average Bonchev–Trinajstić information content (AvgIpc) is 3.33. The molecule has 140 valence electrons. The zero-order valence-corrected chi connectivity index (χ0v) is 16.2. The fourth-order valence-electron chi connectivity index (χ4n) is 3.81. The van der Waals surface area contributed by atoms with Crippen LogP contribution in [0, 0.1) is 6.92 Å². The molecule has 1 saturated carbocycles. The van der Waals surface area contributed by atoms with Gasteiger partial charge in [-0.15, -0.1) is 21.5 Å². The summed E-state index contributed by atoms with van der Waals surface area (Å²) in [5, 5.41) is 14.5. The number of carbonyl (C=O) groups is 1. The Bertz CT molecular complexity index is 983. The first-order chi connectivity index (χ1) is 13.2. The van der Waals surface area contributed by atoms with Crippen molar-refractivity contribution < 1.29 is 4.79 Å². The molecule has 3 aromatic rings. The quantitative estimate of drug-likeness (QED) is 0.693. The highest BCUT2D eigenvalue weighted by Gasteiger charge is 2.29. The molecule has 1 saturated heterocycles. The number of hydrogen-bond donors (Lipinski definition) is 0. The van der Waals surface area contributed by atoms with Gasteiger partial charge in [-0.05, 0) is 44.7 Å². The number of aryl methyl sites for hydroxylation is 1. The Balaban J connectivity index is 1.27. The molecule has 1 aliphatic carbocycles. The average molecular weight is 382 g/mol. The molecule has 8 heteroatoms. The number of fused-ring (bicyclic) bond motifs is 1. The molecule has 1 amide bonds. The predicted molar refractivity (Wildman–Crippen MR) is 102 cm³/mol. The largest absolute Gasteiger partial charge is 0.342 e. The second kappa shape index (κ2) is 6.67. The zero-order chi connectivity index (χ0) is 18.4. The van der Waals surface area contributed by atoms with E-state index in [1.807, 2.05) is 28.6 Å². The zero-order valence-electron chi connectivity index (χ0n) is 15.3. The van der Waals surface area contributed by atoms with Gasteiger partial charge in [-0.2, -0.15) is 9.61 Å². The normalized spacial score (nSPS) is 18.3. The van der Waals surface area contributed by atoms with E-state index in [2.05, 4.69) is 21.2 Å². The third-order valence-corrected chi connectivity index (χ3v) is 6.42. The van der Waals surface area contributed by atoms with Crippen molar-refractivity contribution in [2.24, 2.45) is 0 Å². The first-order valence-corrected chi connectivity index (χ1v) is 10.4. The fraction of sp³-hybridized carbons (Fsp3) is 0.526. The minimum atomic E-state index is 0.192. The van der Waals surface area contributed by atoms with E-state index in [0.29, 0.717) is 18.3 Å². The van der Waals surface area contributed by atoms with Crippen molar-refractivity contribution in [3.8, 4) is 0 Å². The van der Waals surface area contributed by atoms with Gasteiger partial charge in [0, 0.05) is 36.0 Å². The maximum atomic E-state index is 12.6. The van der Waals surface area contributed by atoms with Gasteiger partial charge in [-0.25, -0.2) is 4.98 Å². The Labute approximate surface area is 161 Å². The molecule has 27 heavy (non-hydrogen) atoms. The molecule has 0 spiro atoms. The van der Waals surface area contributed by atoms with Gasteiger partial charge in [0.2, 0.25) is 5.91 Å². The van der Waals surface area contributed by atoms with Gasteiger partial charge in [0.1, 0.15) is 0 Å². The van der Waals surface area contributed by atoms with Crippen LogP contribution >= 0.6 is 11.3 Å². The molecule has 4 heterocycles. The number of nitrogens with zero attached hydrogens (tertiary/aromatic N) is 6. The minimum absolute atomic E-state index is 0.192. The lowest BCUT2D eigenvalue weighted by Crippen LogP contribution is -2.39. The molecule has 7 nitrogen and oxygen atoms in total. The first-order valence-electron chi connectivity index (χ1n) is 9.59. The Morgan fingerprint density at radius 3 is 2.67 bits per heavy atom. The Hall–Kier alpha value is -2.35. The summed E-state index contributed by atoms with van der Waals surface area (Å²) in [6.07, 6.45) is 6.55. The lowest BCUT2D eigenvalue weighted by molar-refractivity contribution is -0.131. The van der Waals surface area contributed by atoms with Crippen LogP contribution in [0.1, 0.15) is 58.9 Å². The fourth-order valence-corrected chi connectivity index (χ4v) is 4.59. The highest BCUT2D eigenvalue weighted by Crippen LogP contribution is 2.39. The maximum Gasteiger partial charge on any atom is 0.227 e. The second-order valence-electron chi connectivity index (χ2n) is 7.54. The van der Waals surface area contributed by atoms with Crippen molar-refractivity contribution in [2.75, 3.05) is 13.1 Å². The van der Waals surface area contributed by atoms with E-state index >= 15 is 0 Å². The lowest BCUT2D eigenvalue weighted by atomic mass is 9.96. The smallest absolute Gasteiger partial charge is 0.227 e. The number of carbonyl (C=O) groups excluding carboxylic acids is 1. The molecule has 5 rings (SSSR count). The number of hydrogen-bond acceptors (Lipinski definition) is 6. The van der Waals surface area contributed by atoms with Crippen molar-refractivity contribution in [2.45, 2.75) is 50.9 Å². The SMILES string of the molecule is Cc1ncc(CC(=O)N2CCC(c3nnc4ccc(C5CC5)nn34)CC2)s1. The Morgan fingerprint density at radius 2 is 1.96 bits per heavy atom. The van der Waals surface area contributed by atoms with Gasteiger partial charge < -0.3 is 4.90 Å². The van der Waals surface area contributed by atoms with Gasteiger partial charge in [0.25, 0.3) is 0 Å². The third kappa shape index (κ3) is 3.34.